The number of carboxylic acids is 2. The van der Waals surface area contributed by atoms with E-state index >= 15 is 0 Å². The Bertz CT molecular complexity index is 1210. The second-order valence-corrected chi connectivity index (χ2v) is 15.8. The Kier molecular flexibility index (Phi) is 40.6. The number of ether oxygens (including phenoxy) is 4. The lowest BCUT2D eigenvalue weighted by Gasteiger charge is -2.13. The maximum absolute atomic E-state index is 12.5. The van der Waals surface area contributed by atoms with E-state index in [9.17, 15) is 38.7 Å². The molecule has 17 heteroatoms. The van der Waals surface area contributed by atoms with Gasteiger partial charge in [-0.25, -0.2) is 0 Å². The largest absolute Gasteiger partial charge is 0.481 e. The third kappa shape index (κ3) is 39.5. The smallest absolute Gasteiger partial charge is 0.306 e. The lowest BCUT2D eigenvalue weighted by molar-refractivity contribution is -0.144. The lowest BCUT2D eigenvalue weighted by atomic mass is 9.93. The molecule has 0 aromatic carbocycles. The number of aliphatic hydroxyl groups excluding tert-OH is 1. The highest BCUT2D eigenvalue weighted by atomic mass is 16.5. The first-order valence-electron chi connectivity index (χ1n) is 23.1. The fraction of sp³-hybridized carbons (Fsp3) is 0.844. The van der Waals surface area contributed by atoms with Crippen LogP contribution in [-0.2, 0) is 52.5 Å². The minimum atomic E-state index is -1.05. The van der Waals surface area contributed by atoms with Gasteiger partial charge in [-0.05, 0) is 52.0 Å². The average molecular weight is 890 g/mol. The van der Waals surface area contributed by atoms with Gasteiger partial charge in [-0.2, -0.15) is 0 Å². The van der Waals surface area contributed by atoms with Crippen molar-refractivity contribution in [3.05, 3.63) is 0 Å². The molecule has 0 unspecified atom stereocenters. The summed E-state index contributed by atoms with van der Waals surface area (Å²) in [5.41, 5.74) is 0. The van der Waals surface area contributed by atoms with E-state index in [4.69, 9.17) is 29.2 Å². The Morgan fingerprint density at radius 3 is 1.50 bits per heavy atom. The first kappa shape index (κ1) is 58.6. The summed E-state index contributed by atoms with van der Waals surface area (Å²) in [4.78, 5) is 82.3. The summed E-state index contributed by atoms with van der Waals surface area (Å²) in [6, 6.07) is -0.384. The fourth-order valence-corrected chi connectivity index (χ4v) is 6.65. The van der Waals surface area contributed by atoms with Crippen LogP contribution in [0.4, 0.5) is 0 Å². The van der Waals surface area contributed by atoms with Crippen LogP contribution >= 0.6 is 0 Å². The molecular weight excluding hydrogens is 807 g/mol. The molecule has 0 radical (unpaired) electrons. The number of likely N-dealkylation sites (N-methyl/N-ethyl adjacent to an activating group) is 1. The SMILES string of the molecule is CN[C@@H](CCCCNC(=O)COCCOCCNC(=O)COCCOCCCC(=O)CC[C@H](CC(=O)CCCCCCCCCCCCCCCCC(=O)O)C(=O)O)C(=O)CO.[HH]. The predicted molar refractivity (Wildman–Crippen MR) is 236 cm³/mol. The second-order valence-electron chi connectivity index (χ2n) is 15.8. The first-order valence-corrected chi connectivity index (χ1v) is 23.1. The molecule has 362 valence electrons. The molecule has 2 atom stereocenters. The van der Waals surface area contributed by atoms with Crippen LogP contribution in [-0.4, -0.2) is 142 Å². The van der Waals surface area contributed by atoms with Crippen molar-refractivity contribution in [2.45, 2.75) is 160 Å². The molecule has 0 saturated heterocycles. The number of rotatable bonds is 48. The molecule has 0 rings (SSSR count). The lowest BCUT2D eigenvalue weighted by Crippen LogP contribution is -2.36. The topological polar surface area (TPSA) is 253 Å². The summed E-state index contributed by atoms with van der Waals surface area (Å²) >= 11 is 0. The van der Waals surface area contributed by atoms with Gasteiger partial charge in [-0.15, -0.1) is 0 Å². The Morgan fingerprint density at radius 1 is 0.500 bits per heavy atom. The fourth-order valence-electron chi connectivity index (χ4n) is 6.65. The number of aliphatic carboxylic acids is 2. The number of carbonyl (C=O) groups is 7. The summed E-state index contributed by atoms with van der Waals surface area (Å²) in [5, 5.41) is 35.5. The summed E-state index contributed by atoms with van der Waals surface area (Å²) in [6.45, 7) is 1.49. The second kappa shape index (κ2) is 42.9. The standard InChI is InChI=1S/C45H81N3O14.H2/c1-46-40(41(52)34-49)21-16-17-25-47-42(53)35-62-32-30-60-28-26-48-43(54)36-61-31-29-59-27-18-20-38(50)24-23-37(45(57)58)33-39(51)19-14-12-10-8-6-4-2-3-5-7-9-11-13-15-22-44(55)56;/h37,40,46,49H,2-36H2,1H3,(H,47,53)(H,48,54)(H,55,56)(H,57,58);1H/t37-,40+;/m1./s1. The van der Waals surface area contributed by atoms with E-state index in [1.54, 1.807) is 7.05 Å². The number of Topliss-reactive ketones (excluding diaryl/α,β-unsaturated/α-hetero) is 3. The summed E-state index contributed by atoms with van der Waals surface area (Å²) < 4.78 is 21.4. The molecule has 0 fully saturated rings. The molecule has 0 bridgehead atoms. The third-order valence-electron chi connectivity index (χ3n) is 10.3. The molecule has 6 N–H and O–H groups in total. The van der Waals surface area contributed by atoms with Gasteiger partial charge in [0.25, 0.3) is 0 Å². The Morgan fingerprint density at radius 2 is 0.984 bits per heavy atom. The van der Waals surface area contributed by atoms with Gasteiger partial charge in [-0.1, -0.05) is 77.0 Å². The molecule has 0 aromatic heterocycles. The van der Waals surface area contributed by atoms with Crippen LogP contribution in [0.3, 0.4) is 0 Å². The number of unbranched alkanes of at least 4 members (excludes halogenated alkanes) is 14. The first-order chi connectivity index (χ1) is 30.0. The van der Waals surface area contributed by atoms with Crippen LogP contribution in [0.5, 0.6) is 0 Å². The van der Waals surface area contributed by atoms with E-state index in [0.717, 1.165) is 51.4 Å². The minimum Gasteiger partial charge on any atom is -0.481 e. The number of carboxylic acid groups (broad SMARTS) is 2. The zero-order valence-electron chi connectivity index (χ0n) is 37.7. The van der Waals surface area contributed by atoms with Gasteiger partial charge in [-0.3, -0.25) is 33.6 Å². The molecule has 0 aliphatic rings. The molecule has 0 aliphatic heterocycles. The quantitative estimate of drug-likeness (QED) is 0.0442. The van der Waals surface area contributed by atoms with Crippen molar-refractivity contribution in [2.24, 2.45) is 5.92 Å². The molecule has 17 nitrogen and oxygen atoms in total. The van der Waals surface area contributed by atoms with Crippen molar-refractivity contribution >= 4 is 41.1 Å². The summed E-state index contributed by atoms with van der Waals surface area (Å²) in [7, 11) is 1.67. The maximum Gasteiger partial charge on any atom is 0.306 e. The Hall–Kier alpha value is -3.35. The van der Waals surface area contributed by atoms with Crippen molar-refractivity contribution in [1.29, 1.82) is 0 Å². The zero-order chi connectivity index (χ0) is 45.9. The van der Waals surface area contributed by atoms with E-state index < -0.39 is 24.5 Å². The van der Waals surface area contributed by atoms with Crippen LogP contribution < -0.4 is 16.0 Å². The number of hydrogen-bond acceptors (Lipinski definition) is 13. The van der Waals surface area contributed by atoms with Gasteiger partial charge in [0, 0.05) is 53.2 Å². The van der Waals surface area contributed by atoms with Crippen LogP contribution in [0.2, 0.25) is 0 Å². The van der Waals surface area contributed by atoms with E-state index in [-0.39, 0.29) is 122 Å². The molecule has 0 saturated carbocycles. The molecule has 0 aliphatic carbocycles. The number of hydrogen-bond donors (Lipinski definition) is 6. The molecule has 0 heterocycles. The zero-order valence-corrected chi connectivity index (χ0v) is 37.7. The van der Waals surface area contributed by atoms with Crippen molar-refractivity contribution in [2.75, 3.05) is 79.6 Å². The van der Waals surface area contributed by atoms with Crippen molar-refractivity contribution < 1.29 is 69.3 Å². The highest BCUT2D eigenvalue weighted by molar-refractivity contribution is 5.85. The van der Waals surface area contributed by atoms with Gasteiger partial charge in [0.2, 0.25) is 11.8 Å². The van der Waals surface area contributed by atoms with Crippen LogP contribution in [0, 0.1) is 5.92 Å². The molecule has 0 spiro atoms. The predicted octanol–water partition coefficient (Wildman–Crippen LogP) is 4.97. The van der Waals surface area contributed by atoms with Gasteiger partial charge in [0.15, 0.2) is 5.78 Å². The Balaban J connectivity index is 0. The molecular formula is C45H83N3O14. The summed E-state index contributed by atoms with van der Waals surface area (Å²) in [6.07, 6.45) is 18.9. The van der Waals surface area contributed by atoms with Crippen molar-refractivity contribution in [3.63, 3.8) is 0 Å². The van der Waals surface area contributed by atoms with Gasteiger partial charge in [0.1, 0.15) is 31.4 Å². The monoisotopic (exact) mass is 890 g/mol. The number of carbonyl (C=O) groups excluding carboxylic acids is 5. The number of aliphatic hydroxyl groups is 1. The number of ketones is 3. The normalized spacial score (nSPS) is 12.2. The minimum absolute atomic E-state index is 0. The van der Waals surface area contributed by atoms with E-state index in [1.807, 2.05) is 0 Å². The van der Waals surface area contributed by atoms with E-state index in [1.165, 1.54) is 44.9 Å². The third-order valence-corrected chi connectivity index (χ3v) is 10.3. The van der Waals surface area contributed by atoms with Gasteiger partial charge >= 0.3 is 11.9 Å². The van der Waals surface area contributed by atoms with E-state index in [0.29, 0.717) is 38.8 Å². The highest BCUT2D eigenvalue weighted by Crippen LogP contribution is 2.18. The summed E-state index contributed by atoms with van der Waals surface area (Å²) in [5.74, 6) is -3.56. The molecule has 62 heavy (non-hydrogen) atoms. The van der Waals surface area contributed by atoms with Gasteiger partial charge < -0.3 is 50.2 Å². The maximum atomic E-state index is 12.5. The van der Waals surface area contributed by atoms with Crippen LogP contribution in [0.25, 0.3) is 0 Å². The van der Waals surface area contributed by atoms with Crippen molar-refractivity contribution in [1.82, 2.24) is 16.0 Å². The molecule has 0 aromatic rings. The van der Waals surface area contributed by atoms with E-state index in [2.05, 4.69) is 16.0 Å². The molecule has 2 amide bonds. The highest BCUT2D eigenvalue weighted by Gasteiger charge is 2.22. The van der Waals surface area contributed by atoms with Gasteiger partial charge in [0.05, 0.1) is 45.0 Å². The number of amides is 2. The Labute approximate surface area is 371 Å². The number of nitrogens with one attached hydrogen (secondary N) is 3. The van der Waals surface area contributed by atoms with Crippen LogP contribution in [0.15, 0.2) is 0 Å². The average Bonchev–Trinajstić information content (AvgIpc) is 3.24. The van der Waals surface area contributed by atoms with Crippen molar-refractivity contribution in [3.8, 4) is 0 Å². The van der Waals surface area contributed by atoms with Crippen LogP contribution in [0.1, 0.15) is 156 Å².